The van der Waals surface area contributed by atoms with E-state index < -0.39 is 10.0 Å². The van der Waals surface area contributed by atoms with Gasteiger partial charge in [0.1, 0.15) is 11.5 Å². The fourth-order valence-electron chi connectivity index (χ4n) is 3.80. The van der Waals surface area contributed by atoms with Gasteiger partial charge in [-0.3, -0.25) is 4.79 Å². The van der Waals surface area contributed by atoms with Crippen LogP contribution in [0.3, 0.4) is 0 Å². The van der Waals surface area contributed by atoms with Gasteiger partial charge in [0.25, 0.3) is 0 Å². The minimum Gasteiger partial charge on any atom is -0.497 e. The summed E-state index contributed by atoms with van der Waals surface area (Å²) >= 11 is 6.17. The molecule has 7 nitrogen and oxygen atoms in total. The van der Waals surface area contributed by atoms with Crippen LogP contribution in [0.15, 0.2) is 47.4 Å². The fraction of sp³-hybridized carbons (Fsp3) is 0.435. The lowest BCUT2D eigenvalue weighted by molar-refractivity contribution is -0.135. The van der Waals surface area contributed by atoms with Crippen LogP contribution in [0.25, 0.3) is 0 Å². The van der Waals surface area contributed by atoms with Gasteiger partial charge >= 0.3 is 0 Å². The largest absolute Gasteiger partial charge is 0.497 e. The van der Waals surface area contributed by atoms with Gasteiger partial charge in [-0.05, 0) is 55.7 Å². The molecule has 1 heterocycles. The molecule has 2 aromatic carbocycles. The third kappa shape index (κ3) is 5.54. The highest BCUT2D eigenvalue weighted by Gasteiger charge is 2.33. The number of carbonyl (C=O) groups is 1. The molecule has 9 heteroatoms. The van der Waals surface area contributed by atoms with Gasteiger partial charge in [-0.15, -0.1) is 0 Å². The maximum atomic E-state index is 13.0. The molecule has 2 aromatic rings. The second kappa shape index (κ2) is 10.6. The van der Waals surface area contributed by atoms with Gasteiger partial charge in [0, 0.05) is 32.6 Å². The number of hydrogen-bond acceptors (Lipinski definition) is 5. The SMILES string of the molecule is CCOc1ccc(S(=O)(=O)N2CCC(C(=O)N(C)Cc3ccc(OC)cc3)CC2)cc1Cl. The van der Waals surface area contributed by atoms with Crippen molar-refractivity contribution in [2.24, 2.45) is 5.92 Å². The van der Waals surface area contributed by atoms with Crippen LogP contribution in [0.5, 0.6) is 11.5 Å². The van der Waals surface area contributed by atoms with Crippen LogP contribution in [0.4, 0.5) is 0 Å². The van der Waals surface area contributed by atoms with Crippen molar-refractivity contribution < 1.29 is 22.7 Å². The van der Waals surface area contributed by atoms with Crippen LogP contribution in [0.1, 0.15) is 25.3 Å². The summed E-state index contributed by atoms with van der Waals surface area (Å²) in [5, 5.41) is 0.262. The molecule has 0 N–H and O–H groups in total. The number of benzene rings is 2. The standard InChI is InChI=1S/C23H29ClN2O5S/c1-4-31-22-10-9-20(15-21(22)24)32(28,29)26-13-11-18(12-14-26)23(27)25(2)16-17-5-7-19(30-3)8-6-17/h5-10,15,18H,4,11-14,16H2,1-3H3. The molecule has 32 heavy (non-hydrogen) atoms. The predicted molar refractivity (Wildman–Crippen MR) is 124 cm³/mol. The minimum atomic E-state index is -3.68. The molecule has 1 aliphatic heterocycles. The second-order valence-corrected chi connectivity index (χ2v) is 10.1. The fourth-order valence-corrected chi connectivity index (χ4v) is 5.60. The van der Waals surface area contributed by atoms with Crippen LogP contribution >= 0.6 is 11.6 Å². The normalized spacial score (nSPS) is 15.4. The van der Waals surface area contributed by atoms with Gasteiger partial charge in [-0.25, -0.2) is 8.42 Å². The highest BCUT2D eigenvalue weighted by atomic mass is 35.5. The van der Waals surface area contributed by atoms with Gasteiger partial charge in [-0.1, -0.05) is 23.7 Å². The summed E-state index contributed by atoms with van der Waals surface area (Å²) in [6, 6.07) is 12.1. The number of nitrogens with zero attached hydrogens (tertiary/aromatic N) is 2. The van der Waals surface area contributed by atoms with E-state index in [1.165, 1.54) is 16.4 Å². The maximum absolute atomic E-state index is 13.0. The summed E-state index contributed by atoms with van der Waals surface area (Å²) in [6.07, 6.45) is 0.964. The van der Waals surface area contributed by atoms with E-state index in [4.69, 9.17) is 21.1 Å². The van der Waals surface area contributed by atoms with Crippen LogP contribution in [0.2, 0.25) is 5.02 Å². The zero-order valence-electron chi connectivity index (χ0n) is 18.6. The van der Waals surface area contributed by atoms with E-state index in [0.29, 0.717) is 44.8 Å². The molecular formula is C23H29ClN2O5S. The lowest BCUT2D eigenvalue weighted by Crippen LogP contribution is -2.43. The van der Waals surface area contributed by atoms with Crippen LogP contribution in [-0.2, 0) is 21.4 Å². The average molecular weight is 481 g/mol. The topological polar surface area (TPSA) is 76.2 Å². The lowest BCUT2D eigenvalue weighted by atomic mass is 9.96. The van der Waals surface area contributed by atoms with Gasteiger partial charge in [0.2, 0.25) is 15.9 Å². The summed E-state index contributed by atoms with van der Waals surface area (Å²) in [5.74, 6) is 1.05. The number of ether oxygens (including phenoxy) is 2. The molecule has 1 fully saturated rings. The van der Waals surface area contributed by atoms with E-state index >= 15 is 0 Å². The van der Waals surface area contributed by atoms with Crippen molar-refractivity contribution in [2.45, 2.75) is 31.2 Å². The van der Waals surface area contributed by atoms with E-state index in [0.717, 1.165) is 11.3 Å². The van der Waals surface area contributed by atoms with Crippen molar-refractivity contribution in [1.82, 2.24) is 9.21 Å². The summed E-state index contributed by atoms with van der Waals surface area (Å²) in [7, 11) is -0.296. The third-order valence-corrected chi connectivity index (χ3v) is 7.79. The Morgan fingerprint density at radius 3 is 2.38 bits per heavy atom. The highest BCUT2D eigenvalue weighted by Crippen LogP contribution is 2.31. The molecule has 174 valence electrons. The van der Waals surface area contributed by atoms with Crippen molar-refractivity contribution in [3.8, 4) is 11.5 Å². The maximum Gasteiger partial charge on any atom is 0.243 e. The number of carbonyl (C=O) groups excluding carboxylic acids is 1. The first kappa shape index (κ1) is 24.4. The molecule has 1 saturated heterocycles. The first-order chi connectivity index (χ1) is 15.3. The van der Waals surface area contributed by atoms with E-state index in [2.05, 4.69) is 0 Å². The number of rotatable bonds is 8. The second-order valence-electron chi connectivity index (χ2n) is 7.75. The van der Waals surface area contributed by atoms with Gasteiger partial charge < -0.3 is 14.4 Å². The molecule has 1 amide bonds. The van der Waals surface area contributed by atoms with E-state index in [1.807, 2.05) is 31.2 Å². The number of sulfonamides is 1. The molecule has 3 rings (SSSR count). The monoisotopic (exact) mass is 480 g/mol. The van der Waals surface area contributed by atoms with Gasteiger partial charge in [0.05, 0.1) is 23.6 Å². The molecular weight excluding hydrogens is 452 g/mol. The molecule has 0 radical (unpaired) electrons. The molecule has 0 spiro atoms. The molecule has 0 atom stereocenters. The third-order valence-electron chi connectivity index (χ3n) is 5.60. The number of halogens is 1. The first-order valence-electron chi connectivity index (χ1n) is 10.6. The smallest absolute Gasteiger partial charge is 0.243 e. The van der Waals surface area contributed by atoms with Crippen molar-refractivity contribution in [2.75, 3.05) is 33.9 Å². The number of hydrogen-bond donors (Lipinski definition) is 0. The molecule has 0 unspecified atom stereocenters. The van der Waals surface area contributed by atoms with E-state index in [1.54, 1.807) is 25.1 Å². The predicted octanol–water partition coefficient (Wildman–Crippen LogP) is 3.81. The molecule has 0 aromatic heterocycles. The Morgan fingerprint density at radius 2 is 1.81 bits per heavy atom. The number of piperidine rings is 1. The Bertz CT molecular complexity index is 1030. The highest BCUT2D eigenvalue weighted by molar-refractivity contribution is 7.89. The average Bonchev–Trinajstić information content (AvgIpc) is 2.80. The Kier molecular flexibility index (Phi) is 8.03. The summed E-state index contributed by atoms with van der Waals surface area (Å²) in [4.78, 5) is 14.7. The van der Waals surface area contributed by atoms with E-state index in [-0.39, 0.29) is 21.7 Å². The van der Waals surface area contributed by atoms with Crippen LogP contribution in [-0.4, -0.2) is 57.4 Å². The Labute approximate surface area is 194 Å². The summed E-state index contributed by atoms with van der Waals surface area (Å²) < 4.78 is 38.0. The summed E-state index contributed by atoms with van der Waals surface area (Å²) in [6.45, 7) is 3.35. The zero-order valence-corrected chi connectivity index (χ0v) is 20.2. The molecule has 0 aliphatic carbocycles. The van der Waals surface area contributed by atoms with Crippen LogP contribution < -0.4 is 9.47 Å². The first-order valence-corrected chi connectivity index (χ1v) is 12.4. The number of amides is 1. The Morgan fingerprint density at radius 1 is 1.16 bits per heavy atom. The molecule has 1 aliphatic rings. The quantitative estimate of drug-likeness (QED) is 0.574. The molecule has 0 saturated carbocycles. The van der Waals surface area contributed by atoms with E-state index in [9.17, 15) is 13.2 Å². The van der Waals surface area contributed by atoms with Gasteiger partial charge in [0.15, 0.2) is 0 Å². The van der Waals surface area contributed by atoms with Crippen molar-refractivity contribution >= 4 is 27.5 Å². The lowest BCUT2D eigenvalue weighted by Gasteiger charge is -2.32. The van der Waals surface area contributed by atoms with Crippen LogP contribution in [0, 0.1) is 5.92 Å². The van der Waals surface area contributed by atoms with Crippen molar-refractivity contribution in [3.05, 3.63) is 53.1 Å². The Balaban J connectivity index is 1.59. The number of methoxy groups -OCH3 is 1. The van der Waals surface area contributed by atoms with Crippen molar-refractivity contribution in [1.29, 1.82) is 0 Å². The summed E-state index contributed by atoms with van der Waals surface area (Å²) in [5.41, 5.74) is 1.01. The zero-order chi connectivity index (χ0) is 23.3. The van der Waals surface area contributed by atoms with Gasteiger partial charge in [-0.2, -0.15) is 4.31 Å². The van der Waals surface area contributed by atoms with Crippen molar-refractivity contribution in [3.63, 3.8) is 0 Å². The minimum absolute atomic E-state index is 0.0296. The molecule has 0 bridgehead atoms. The Hall–Kier alpha value is -2.29.